The average molecular weight is 395 g/mol. The number of anilines is 1. The van der Waals surface area contributed by atoms with Crippen LogP contribution in [-0.2, 0) is 0 Å². The molecule has 2 nitrogen and oxygen atoms in total. The maximum Gasteiger partial charge on any atom is 0.187 e. The summed E-state index contributed by atoms with van der Waals surface area (Å²) in [5.41, 5.74) is 2.43. The Morgan fingerprint density at radius 3 is 2.00 bits per heavy atom. The number of allylic oxidation sites excluding steroid dienone is 2. The Labute approximate surface area is 135 Å². The smallest absolute Gasteiger partial charge is 0.187 e. The highest BCUT2D eigenvalue weighted by Crippen LogP contribution is 2.16. The molecule has 0 unspecified atom stereocenters. The van der Waals surface area contributed by atoms with Gasteiger partial charge in [0.05, 0.1) is 0 Å². The fourth-order valence-corrected chi connectivity index (χ4v) is 2.22. The summed E-state index contributed by atoms with van der Waals surface area (Å²) in [6, 6.07) is 15.1. The van der Waals surface area contributed by atoms with Crippen LogP contribution in [-0.4, -0.2) is 5.78 Å². The maximum atomic E-state index is 12.1. The van der Waals surface area contributed by atoms with Crippen molar-refractivity contribution in [1.82, 2.24) is 0 Å². The van der Waals surface area contributed by atoms with Crippen molar-refractivity contribution < 1.29 is 4.79 Å². The van der Waals surface area contributed by atoms with Gasteiger partial charge in [0.25, 0.3) is 0 Å². The summed E-state index contributed by atoms with van der Waals surface area (Å²) < 4.78 is 1.98. The molecule has 0 saturated heterocycles. The molecule has 2 aromatic rings. The molecule has 0 saturated carbocycles. The Bertz CT molecular complexity index is 631. The molecule has 0 atom stereocenters. The van der Waals surface area contributed by atoms with Crippen LogP contribution in [0.3, 0.4) is 0 Å². The lowest BCUT2D eigenvalue weighted by Crippen LogP contribution is -2.01. The number of benzene rings is 2. The summed E-state index contributed by atoms with van der Waals surface area (Å²) in [4.78, 5) is 12.1. The molecule has 0 bridgehead atoms. The number of halogens is 2. The number of nitrogens with one attached hydrogen (secondary N) is 1. The Hall–Kier alpha value is -1.39. The predicted molar refractivity (Wildman–Crippen MR) is 90.0 cm³/mol. The molecule has 0 aromatic heterocycles. The third-order valence-corrected chi connectivity index (χ3v) is 3.72. The van der Waals surface area contributed by atoms with E-state index in [1.165, 1.54) is 0 Å². The largest absolute Gasteiger partial charge is 0.359 e. The second-order valence-electron chi connectivity index (χ2n) is 4.33. The monoisotopic (exact) mass is 393 g/mol. The molecule has 0 amide bonds. The van der Waals surface area contributed by atoms with Crippen molar-refractivity contribution in [1.29, 1.82) is 0 Å². The lowest BCUT2D eigenvalue weighted by molar-refractivity contribution is 0.104. The first-order valence-corrected chi connectivity index (χ1v) is 7.64. The SMILES string of the molecule is CC(=CC(=O)c1ccc(Br)cc1)Nc1ccc(Br)cc1. The summed E-state index contributed by atoms with van der Waals surface area (Å²) in [6.45, 7) is 1.87. The molecule has 0 spiro atoms. The van der Waals surface area contributed by atoms with Gasteiger partial charge in [-0.05, 0) is 55.5 Å². The van der Waals surface area contributed by atoms with E-state index in [-0.39, 0.29) is 5.78 Å². The zero-order valence-electron chi connectivity index (χ0n) is 10.9. The second kappa shape index (κ2) is 6.86. The number of carbonyl (C=O) groups is 1. The molecule has 0 fully saturated rings. The van der Waals surface area contributed by atoms with Gasteiger partial charge in [0.1, 0.15) is 0 Å². The first kappa shape index (κ1) is 15.0. The van der Waals surface area contributed by atoms with Crippen molar-refractivity contribution in [3.63, 3.8) is 0 Å². The normalized spacial score (nSPS) is 11.2. The molecule has 0 radical (unpaired) electrons. The standard InChI is InChI=1S/C16H13Br2NO/c1-11(19-15-8-6-14(18)7-9-15)10-16(20)12-2-4-13(17)5-3-12/h2-10,19H,1H3. The van der Waals surface area contributed by atoms with Gasteiger partial charge in [-0.25, -0.2) is 0 Å². The molecule has 0 aliphatic rings. The molecular formula is C16H13Br2NO. The van der Waals surface area contributed by atoms with Crippen LogP contribution in [0.5, 0.6) is 0 Å². The van der Waals surface area contributed by atoms with E-state index in [0.717, 1.165) is 20.3 Å². The summed E-state index contributed by atoms with van der Waals surface area (Å²) in [5.74, 6) is -0.0142. The van der Waals surface area contributed by atoms with Crippen LogP contribution in [0.1, 0.15) is 17.3 Å². The average Bonchev–Trinajstić information content (AvgIpc) is 2.42. The Morgan fingerprint density at radius 1 is 0.950 bits per heavy atom. The molecule has 0 aliphatic heterocycles. The molecule has 4 heteroatoms. The zero-order chi connectivity index (χ0) is 14.5. The molecule has 20 heavy (non-hydrogen) atoms. The minimum absolute atomic E-state index is 0.0142. The van der Waals surface area contributed by atoms with Crippen LogP contribution in [0.15, 0.2) is 69.2 Å². The van der Waals surface area contributed by atoms with E-state index in [2.05, 4.69) is 37.2 Å². The number of hydrogen-bond donors (Lipinski definition) is 1. The van der Waals surface area contributed by atoms with Crippen molar-refractivity contribution in [3.05, 3.63) is 74.8 Å². The molecule has 1 N–H and O–H groups in total. The van der Waals surface area contributed by atoms with E-state index >= 15 is 0 Å². The lowest BCUT2D eigenvalue weighted by atomic mass is 10.1. The van der Waals surface area contributed by atoms with Crippen molar-refractivity contribution in [2.75, 3.05) is 5.32 Å². The fourth-order valence-electron chi connectivity index (χ4n) is 1.69. The predicted octanol–water partition coefficient (Wildman–Crippen LogP) is 5.41. The fraction of sp³-hybridized carbons (Fsp3) is 0.0625. The summed E-state index contributed by atoms with van der Waals surface area (Å²) in [5, 5.41) is 3.19. The van der Waals surface area contributed by atoms with Crippen LogP contribution < -0.4 is 5.32 Å². The minimum Gasteiger partial charge on any atom is -0.359 e. The Kier molecular flexibility index (Phi) is 5.15. The van der Waals surface area contributed by atoms with Gasteiger partial charge in [-0.3, -0.25) is 4.79 Å². The molecule has 2 aromatic carbocycles. The lowest BCUT2D eigenvalue weighted by Gasteiger charge is -2.06. The van der Waals surface area contributed by atoms with Crippen LogP contribution in [0, 0.1) is 0 Å². The van der Waals surface area contributed by atoms with E-state index in [0.29, 0.717) is 5.56 Å². The highest BCUT2D eigenvalue weighted by Gasteiger charge is 2.03. The summed E-state index contributed by atoms with van der Waals surface area (Å²) in [6.07, 6.45) is 1.60. The van der Waals surface area contributed by atoms with Gasteiger partial charge in [-0.2, -0.15) is 0 Å². The Balaban J connectivity index is 2.07. The number of ketones is 1. The number of hydrogen-bond acceptors (Lipinski definition) is 2. The van der Waals surface area contributed by atoms with Crippen molar-refractivity contribution in [3.8, 4) is 0 Å². The third kappa shape index (κ3) is 4.32. The Morgan fingerprint density at radius 2 is 1.45 bits per heavy atom. The van der Waals surface area contributed by atoms with Gasteiger partial charge in [0, 0.05) is 32.0 Å². The third-order valence-electron chi connectivity index (χ3n) is 2.66. The molecule has 102 valence electrons. The summed E-state index contributed by atoms with van der Waals surface area (Å²) >= 11 is 6.74. The molecule has 0 heterocycles. The van der Waals surface area contributed by atoms with E-state index in [1.54, 1.807) is 18.2 Å². The van der Waals surface area contributed by atoms with Crippen LogP contribution >= 0.6 is 31.9 Å². The van der Waals surface area contributed by atoms with Crippen molar-refractivity contribution in [2.45, 2.75) is 6.92 Å². The molecule has 0 aliphatic carbocycles. The highest BCUT2D eigenvalue weighted by molar-refractivity contribution is 9.10. The molecule has 2 rings (SSSR count). The number of rotatable bonds is 4. The van der Waals surface area contributed by atoms with E-state index in [9.17, 15) is 4.79 Å². The second-order valence-corrected chi connectivity index (χ2v) is 6.16. The van der Waals surface area contributed by atoms with Gasteiger partial charge in [0.2, 0.25) is 0 Å². The van der Waals surface area contributed by atoms with E-state index < -0.39 is 0 Å². The van der Waals surface area contributed by atoms with Gasteiger partial charge >= 0.3 is 0 Å². The van der Waals surface area contributed by atoms with Crippen LogP contribution in [0.2, 0.25) is 0 Å². The van der Waals surface area contributed by atoms with Gasteiger partial charge in [-0.1, -0.05) is 31.9 Å². The first-order valence-electron chi connectivity index (χ1n) is 6.05. The van der Waals surface area contributed by atoms with Crippen LogP contribution in [0.25, 0.3) is 0 Å². The quantitative estimate of drug-likeness (QED) is 0.554. The highest BCUT2D eigenvalue weighted by atomic mass is 79.9. The minimum atomic E-state index is -0.0142. The van der Waals surface area contributed by atoms with Crippen molar-refractivity contribution >= 4 is 43.3 Å². The van der Waals surface area contributed by atoms with E-state index in [1.807, 2.05) is 43.3 Å². The zero-order valence-corrected chi connectivity index (χ0v) is 14.0. The first-order chi connectivity index (χ1) is 9.54. The van der Waals surface area contributed by atoms with Gasteiger partial charge in [0.15, 0.2) is 5.78 Å². The maximum absolute atomic E-state index is 12.1. The molecular weight excluding hydrogens is 382 g/mol. The summed E-state index contributed by atoms with van der Waals surface area (Å²) in [7, 11) is 0. The number of carbonyl (C=O) groups excluding carboxylic acids is 1. The van der Waals surface area contributed by atoms with Crippen LogP contribution in [0.4, 0.5) is 5.69 Å². The van der Waals surface area contributed by atoms with Gasteiger partial charge in [-0.15, -0.1) is 0 Å². The van der Waals surface area contributed by atoms with E-state index in [4.69, 9.17) is 0 Å². The topological polar surface area (TPSA) is 29.1 Å². The van der Waals surface area contributed by atoms with Crippen molar-refractivity contribution in [2.24, 2.45) is 0 Å². The van der Waals surface area contributed by atoms with Gasteiger partial charge < -0.3 is 5.32 Å².